The fourth-order valence-corrected chi connectivity index (χ4v) is 8.17. The van der Waals surface area contributed by atoms with E-state index in [1.807, 2.05) is 6.08 Å². The highest BCUT2D eigenvalue weighted by atomic mass is 16.7. The van der Waals surface area contributed by atoms with Crippen molar-refractivity contribution in [2.24, 2.45) is 28.6 Å². The van der Waals surface area contributed by atoms with Gasteiger partial charge in [-0.05, 0) is 61.8 Å². The highest BCUT2D eigenvalue weighted by Crippen LogP contribution is 2.71. The molecule has 2 aliphatic heterocycles. The van der Waals surface area contributed by atoms with E-state index in [2.05, 4.69) is 65.8 Å². The molecule has 2 bridgehead atoms. The van der Waals surface area contributed by atoms with E-state index in [4.69, 9.17) is 9.47 Å². The first-order valence-corrected chi connectivity index (χ1v) is 12.4. The van der Waals surface area contributed by atoms with Gasteiger partial charge in [0.05, 0.1) is 5.60 Å². The molecular weight excluding hydrogens is 400 g/mol. The van der Waals surface area contributed by atoms with Gasteiger partial charge in [0.15, 0.2) is 11.6 Å². The van der Waals surface area contributed by atoms with Crippen molar-refractivity contribution in [3.05, 3.63) is 47.1 Å². The number of aliphatic hydroxyl groups excluding tert-OH is 1. The fraction of sp³-hybridized carbons (Fsp3) is 0.679. The van der Waals surface area contributed by atoms with Crippen LogP contribution in [0.2, 0.25) is 0 Å². The maximum absolute atomic E-state index is 12.1. The van der Waals surface area contributed by atoms with Crippen molar-refractivity contribution in [2.75, 3.05) is 0 Å². The van der Waals surface area contributed by atoms with Gasteiger partial charge < -0.3 is 14.6 Å². The van der Waals surface area contributed by atoms with Crippen LogP contribution < -0.4 is 0 Å². The van der Waals surface area contributed by atoms with Crippen LogP contribution in [0, 0.1) is 28.6 Å². The maximum atomic E-state index is 12.1. The molecule has 2 saturated heterocycles. The van der Waals surface area contributed by atoms with Crippen LogP contribution in [0.4, 0.5) is 0 Å². The van der Waals surface area contributed by atoms with E-state index in [1.165, 1.54) is 11.1 Å². The summed E-state index contributed by atoms with van der Waals surface area (Å²) in [4.78, 5) is 12.1. The molecule has 1 N–H and O–H groups in total. The summed E-state index contributed by atoms with van der Waals surface area (Å²) in [5, 5.41) is 11.5. The molecule has 0 aromatic carbocycles. The Hall–Kier alpha value is -1.49. The van der Waals surface area contributed by atoms with Crippen molar-refractivity contribution >= 4 is 5.78 Å². The summed E-state index contributed by atoms with van der Waals surface area (Å²) in [5.74, 6) is -0.352. The number of ketones is 1. The van der Waals surface area contributed by atoms with Gasteiger partial charge in [-0.2, -0.15) is 0 Å². The average molecular weight is 437 g/mol. The molecule has 6 rings (SSSR count). The van der Waals surface area contributed by atoms with Crippen LogP contribution in [0.1, 0.15) is 67.2 Å². The van der Waals surface area contributed by atoms with Crippen molar-refractivity contribution < 1.29 is 19.4 Å². The van der Waals surface area contributed by atoms with Gasteiger partial charge in [-0.25, -0.2) is 0 Å². The Labute approximate surface area is 191 Å². The molecule has 4 heteroatoms. The Balaban J connectivity index is 1.54. The Bertz CT molecular complexity index is 1050. The minimum atomic E-state index is -1.000. The molecule has 4 aliphatic carbocycles. The number of rotatable bonds is 0. The molecule has 32 heavy (non-hydrogen) atoms. The SMILES string of the molecule is C[C@H]1[C@H](O)[C@@]2(OC1(C)C)O[C@]13CC[C@H]([C@@H]2C)[C@@]1(C)C=CC1=C3C=CC2=CC(=O)CC[C@@]21C. The summed E-state index contributed by atoms with van der Waals surface area (Å²) in [5.41, 5.74) is 2.32. The second-order valence-electron chi connectivity index (χ2n) is 12.2. The molecule has 6 aliphatic rings. The van der Waals surface area contributed by atoms with E-state index in [-0.39, 0.29) is 28.4 Å². The zero-order chi connectivity index (χ0) is 22.9. The molecule has 1 saturated carbocycles. The van der Waals surface area contributed by atoms with Crippen molar-refractivity contribution in [2.45, 2.75) is 90.3 Å². The quantitative estimate of drug-likeness (QED) is 0.578. The van der Waals surface area contributed by atoms with Gasteiger partial charge in [-0.15, -0.1) is 0 Å². The van der Waals surface area contributed by atoms with Crippen LogP contribution in [0.25, 0.3) is 0 Å². The molecule has 0 aromatic rings. The second kappa shape index (κ2) is 5.95. The molecular formula is C28H36O4. The van der Waals surface area contributed by atoms with E-state index in [0.29, 0.717) is 12.3 Å². The van der Waals surface area contributed by atoms with Crippen LogP contribution in [-0.4, -0.2) is 34.0 Å². The summed E-state index contributed by atoms with van der Waals surface area (Å²) in [6.07, 6.45) is 13.6. The van der Waals surface area contributed by atoms with Crippen molar-refractivity contribution in [3.8, 4) is 0 Å². The number of fused-ring (bicyclic) bond motifs is 2. The highest BCUT2D eigenvalue weighted by Gasteiger charge is 2.75. The molecule has 1 spiro atoms. The summed E-state index contributed by atoms with van der Waals surface area (Å²) in [6, 6.07) is 0. The standard InChI is InChI=1S/C28H36O4/c1-16-20-11-14-27(32-28(16)23(30)17(2)24(3,4)31-28)22-8-7-18-15-19(29)9-12-25(18,5)21(22)10-13-26(20,27)6/h7-8,10,13,15-17,20,23,30H,9,11-12,14H2,1-6H3/t16-,17-,20+,23-,25-,26+,27-,28-/m0/s1. The fourth-order valence-electron chi connectivity index (χ4n) is 8.17. The van der Waals surface area contributed by atoms with E-state index in [9.17, 15) is 9.90 Å². The minimum Gasteiger partial charge on any atom is -0.387 e. The lowest BCUT2D eigenvalue weighted by atomic mass is 9.53. The van der Waals surface area contributed by atoms with Crippen molar-refractivity contribution in [3.63, 3.8) is 0 Å². The monoisotopic (exact) mass is 436 g/mol. The van der Waals surface area contributed by atoms with Gasteiger partial charge in [0.2, 0.25) is 0 Å². The molecule has 0 unspecified atom stereocenters. The third-order valence-corrected chi connectivity index (χ3v) is 10.6. The lowest BCUT2D eigenvalue weighted by molar-refractivity contribution is -0.369. The summed E-state index contributed by atoms with van der Waals surface area (Å²) in [7, 11) is 0. The molecule has 172 valence electrons. The van der Waals surface area contributed by atoms with Crippen LogP contribution in [-0.2, 0) is 14.3 Å². The van der Waals surface area contributed by atoms with E-state index in [0.717, 1.165) is 24.8 Å². The number of aliphatic hydroxyl groups is 1. The van der Waals surface area contributed by atoms with Gasteiger partial charge in [0.25, 0.3) is 0 Å². The smallest absolute Gasteiger partial charge is 0.199 e. The van der Waals surface area contributed by atoms with Gasteiger partial charge >= 0.3 is 0 Å². The Kier molecular flexibility index (Phi) is 3.92. The van der Waals surface area contributed by atoms with Crippen molar-refractivity contribution in [1.29, 1.82) is 0 Å². The predicted molar refractivity (Wildman–Crippen MR) is 123 cm³/mol. The average Bonchev–Trinajstić information content (AvgIpc) is 3.06. The third kappa shape index (κ3) is 2.14. The second-order valence-corrected chi connectivity index (χ2v) is 12.2. The number of hydrogen-bond donors (Lipinski definition) is 1. The normalized spacial score (nSPS) is 52.7. The van der Waals surface area contributed by atoms with Crippen LogP contribution in [0.15, 0.2) is 47.1 Å². The van der Waals surface area contributed by atoms with Gasteiger partial charge in [-0.3, -0.25) is 4.79 Å². The van der Waals surface area contributed by atoms with Crippen LogP contribution in [0.3, 0.4) is 0 Å². The molecule has 0 aromatic heterocycles. The Morgan fingerprint density at radius 2 is 1.72 bits per heavy atom. The topological polar surface area (TPSA) is 55.8 Å². The predicted octanol–water partition coefficient (Wildman–Crippen LogP) is 5.04. The lowest BCUT2D eigenvalue weighted by Crippen LogP contribution is -2.67. The summed E-state index contributed by atoms with van der Waals surface area (Å²) < 4.78 is 14.0. The zero-order valence-electron chi connectivity index (χ0n) is 20.2. The number of carbonyl (C=O) groups is 1. The van der Waals surface area contributed by atoms with Gasteiger partial charge in [0.1, 0.15) is 11.7 Å². The van der Waals surface area contributed by atoms with Gasteiger partial charge in [-0.1, -0.05) is 52.0 Å². The Morgan fingerprint density at radius 1 is 0.969 bits per heavy atom. The number of ether oxygens (including phenoxy) is 2. The number of allylic oxidation sites excluding steroid dienone is 5. The first kappa shape index (κ1) is 21.1. The molecule has 2 heterocycles. The molecule has 3 fully saturated rings. The van der Waals surface area contributed by atoms with Crippen molar-refractivity contribution in [1.82, 2.24) is 0 Å². The van der Waals surface area contributed by atoms with Gasteiger partial charge in [0, 0.05) is 29.1 Å². The van der Waals surface area contributed by atoms with E-state index < -0.39 is 23.1 Å². The lowest BCUT2D eigenvalue weighted by Gasteiger charge is -2.61. The molecule has 8 atom stereocenters. The Morgan fingerprint density at radius 3 is 2.41 bits per heavy atom. The largest absolute Gasteiger partial charge is 0.387 e. The third-order valence-electron chi connectivity index (χ3n) is 10.6. The van der Waals surface area contributed by atoms with Crippen LogP contribution in [0.5, 0.6) is 0 Å². The highest BCUT2D eigenvalue weighted by molar-refractivity contribution is 5.93. The van der Waals surface area contributed by atoms with E-state index in [1.54, 1.807) is 0 Å². The molecule has 0 amide bonds. The number of hydrogen-bond acceptors (Lipinski definition) is 4. The first-order valence-electron chi connectivity index (χ1n) is 12.4. The minimum absolute atomic E-state index is 0.0176. The number of carbonyl (C=O) groups excluding carboxylic acids is 1. The zero-order valence-corrected chi connectivity index (χ0v) is 20.2. The van der Waals surface area contributed by atoms with E-state index >= 15 is 0 Å². The molecule has 0 radical (unpaired) electrons. The van der Waals surface area contributed by atoms with Crippen LogP contribution >= 0.6 is 0 Å². The summed E-state index contributed by atoms with van der Waals surface area (Å²) in [6.45, 7) is 13.0. The summed E-state index contributed by atoms with van der Waals surface area (Å²) >= 11 is 0. The maximum Gasteiger partial charge on any atom is 0.199 e. The first-order chi connectivity index (χ1) is 14.9. The molecule has 4 nitrogen and oxygen atoms in total.